The van der Waals surface area contributed by atoms with Crippen molar-refractivity contribution in [2.45, 2.75) is 39.5 Å². The molecule has 1 saturated heterocycles. The lowest BCUT2D eigenvalue weighted by Crippen LogP contribution is -2.22. The third kappa shape index (κ3) is 2.35. The summed E-state index contributed by atoms with van der Waals surface area (Å²) in [7, 11) is 1.92. The number of anilines is 2. The highest BCUT2D eigenvalue weighted by Gasteiger charge is 2.19. The van der Waals surface area contributed by atoms with Crippen molar-refractivity contribution in [1.82, 2.24) is 9.97 Å². The summed E-state index contributed by atoms with van der Waals surface area (Å²) in [5.74, 6) is 3.38. The average Bonchev–Trinajstić information content (AvgIpc) is 2.82. The lowest BCUT2D eigenvalue weighted by molar-refractivity contribution is 0.763. The monoisotopic (exact) mass is 234 g/mol. The van der Waals surface area contributed by atoms with E-state index in [1.54, 1.807) is 0 Å². The number of rotatable bonds is 3. The molecule has 0 spiro atoms. The maximum Gasteiger partial charge on any atom is 0.137 e. The van der Waals surface area contributed by atoms with Crippen molar-refractivity contribution < 1.29 is 0 Å². The molecule has 0 saturated carbocycles. The van der Waals surface area contributed by atoms with Crippen LogP contribution in [0.15, 0.2) is 0 Å². The lowest BCUT2D eigenvalue weighted by atomic mass is 10.2. The molecule has 1 N–H and O–H groups in total. The van der Waals surface area contributed by atoms with Gasteiger partial charge in [-0.2, -0.15) is 0 Å². The zero-order valence-electron chi connectivity index (χ0n) is 11.2. The molecule has 0 aliphatic carbocycles. The molecule has 1 aliphatic heterocycles. The number of hydrogen-bond acceptors (Lipinski definition) is 4. The second-order valence-electron chi connectivity index (χ2n) is 4.98. The van der Waals surface area contributed by atoms with Gasteiger partial charge in [-0.15, -0.1) is 0 Å². The van der Waals surface area contributed by atoms with Crippen LogP contribution in [0, 0.1) is 6.92 Å². The van der Waals surface area contributed by atoms with Gasteiger partial charge in [0, 0.05) is 31.6 Å². The van der Waals surface area contributed by atoms with Gasteiger partial charge in [0.2, 0.25) is 0 Å². The Kier molecular flexibility index (Phi) is 3.50. The summed E-state index contributed by atoms with van der Waals surface area (Å²) in [4.78, 5) is 11.7. The van der Waals surface area contributed by atoms with Gasteiger partial charge >= 0.3 is 0 Å². The van der Waals surface area contributed by atoms with Crippen LogP contribution in [0.4, 0.5) is 11.6 Å². The minimum absolute atomic E-state index is 0.365. The van der Waals surface area contributed by atoms with Gasteiger partial charge in [0.05, 0.1) is 0 Å². The van der Waals surface area contributed by atoms with E-state index in [9.17, 15) is 0 Å². The zero-order chi connectivity index (χ0) is 12.4. The molecule has 1 fully saturated rings. The van der Waals surface area contributed by atoms with Crippen molar-refractivity contribution in [2.75, 3.05) is 30.4 Å². The Hall–Kier alpha value is -1.32. The molecule has 2 heterocycles. The van der Waals surface area contributed by atoms with Crippen molar-refractivity contribution >= 4 is 11.6 Å². The first-order valence-corrected chi connectivity index (χ1v) is 6.44. The van der Waals surface area contributed by atoms with E-state index in [4.69, 9.17) is 4.98 Å². The molecule has 1 aliphatic rings. The lowest BCUT2D eigenvalue weighted by Gasteiger charge is -2.21. The summed E-state index contributed by atoms with van der Waals surface area (Å²) in [6.45, 7) is 8.62. The van der Waals surface area contributed by atoms with Crippen molar-refractivity contribution in [2.24, 2.45) is 0 Å². The van der Waals surface area contributed by atoms with Gasteiger partial charge in [0.1, 0.15) is 17.5 Å². The highest BCUT2D eigenvalue weighted by molar-refractivity contribution is 5.59. The van der Waals surface area contributed by atoms with Crippen molar-refractivity contribution in [3.8, 4) is 0 Å². The van der Waals surface area contributed by atoms with E-state index in [2.05, 4.69) is 36.0 Å². The highest BCUT2D eigenvalue weighted by atomic mass is 15.2. The first-order chi connectivity index (χ1) is 8.13. The van der Waals surface area contributed by atoms with Crippen LogP contribution in [0.3, 0.4) is 0 Å². The molecule has 0 aromatic carbocycles. The minimum Gasteiger partial charge on any atom is -0.373 e. The molecule has 2 rings (SSSR count). The Morgan fingerprint density at radius 2 is 1.82 bits per heavy atom. The van der Waals surface area contributed by atoms with Gasteiger partial charge in [0.15, 0.2) is 0 Å². The number of nitrogens with zero attached hydrogens (tertiary/aromatic N) is 3. The molecule has 0 radical (unpaired) electrons. The second-order valence-corrected chi connectivity index (χ2v) is 4.98. The minimum atomic E-state index is 0.365. The summed E-state index contributed by atoms with van der Waals surface area (Å²) in [6.07, 6.45) is 2.55. The first-order valence-electron chi connectivity index (χ1n) is 6.44. The van der Waals surface area contributed by atoms with E-state index in [0.29, 0.717) is 5.92 Å². The molecule has 0 amide bonds. The maximum absolute atomic E-state index is 4.74. The van der Waals surface area contributed by atoms with E-state index < -0.39 is 0 Å². The van der Waals surface area contributed by atoms with Crippen LogP contribution in [-0.4, -0.2) is 30.1 Å². The molecule has 0 bridgehead atoms. The van der Waals surface area contributed by atoms with E-state index in [-0.39, 0.29) is 0 Å². The molecular formula is C13H22N4. The SMILES string of the molecule is CNc1nc(C(C)C)nc(N2CCCC2)c1C. The predicted octanol–water partition coefficient (Wildman–Crippen LogP) is 2.55. The van der Waals surface area contributed by atoms with Crippen molar-refractivity contribution in [3.05, 3.63) is 11.4 Å². The van der Waals surface area contributed by atoms with Crippen LogP contribution in [0.25, 0.3) is 0 Å². The summed E-state index contributed by atoms with van der Waals surface area (Å²) < 4.78 is 0. The van der Waals surface area contributed by atoms with Crippen molar-refractivity contribution in [1.29, 1.82) is 0 Å². The molecule has 1 aromatic heterocycles. The largest absolute Gasteiger partial charge is 0.373 e. The predicted molar refractivity (Wildman–Crippen MR) is 71.9 cm³/mol. The molecular weight excluding hydrogens is 212 g/mol. The van der Waals surface area contributed by atoms with Crippen LogP contribution in [-0.2, 0) is 0 Å². The van der Waals surface area contributed by atoms with Crippen LogP contribution >= 0.6 is 0 Å². The molecule has 94 valence electrons. The topological polar surface area (TPSA) is 41.1 Å². The van der Waals surface area contributed by atoms with Gasteiger partial charge in [-0.3, -0.25) is 0 Å². The number of hydrogen-bond donors (Lipinski definition) is 1. The Morgan fingerprint density at radius 1 is 1.18 bits per heavy atom. The third-order valence-corrected chi connectivity index (χ3v) is 3.30. The highest BCUT2D eigenvalue weighted by Crippen LogP contribution is 2.28. The zero-order valence-corrected chi connectivity index (χ0v) is 11.2. The standard InChI is InChI=1S/C13H22N4/c1-9(2)11-15-12(14-4)10(3)13(16-11)17-7-5-6-8-17/h9H,5-8H2,1-4H3,(H,14,15,16). The van der Waals surface area contributed by atoms with Crippen LogP contribution < -0.4 is 10.2 Å². The quantitative estimate of drug-likeness (QED) is 0.872. The fraction of sp³-hybridized carbons (Fsp3) is 0.692. The van der Waals surface area contributed by atoms with Gasteiger partial charge in [0.25, 0.3) is 0 Å². The Balaban J connectivity index is 2.44. The number of nitrogens with one attached hydrogen (secondary N) is 1. The second kappa shape index (κ2) is 4.90. The smallest absolute Gasteiger partial charge is 0.137 e. The third-order valence-electron chi connectivity index (χ3n) is 3.30. The summed E-state index contributed by atoms with van der Waals surface area (Å²) in [5, 5.41) is 3.18. The van der Waals surface area contributed by atoms with E-state index in [0.717, 1.165) is 30.5 Å². The summed E-state index contributed by atoms with van der Waals surface area (Å²) in [5.41, 5.74) is 1.17. The van der Waals surface area contributed by atoms with Gasteiger partial charge < -0.3 is 10.2 Å². The average molecular weight is 234 g/mol. The van der Waals surface area contributed by atoms with E-state index in [1.807, 2.05) is 7.05 Å². The Morgan fingerprint density at radius 3 is 2.35 bits per heavy atom. The first kappa shape index (κ1) is 12.1. The van der Waals surface area contributed by atoms with E-state index >= 15 is 0 Å². The van der Waals surface area contributed by atoms with Gasteiger partial charge in [-0.05, 0) is 19.8 Å². The van der Waals surface area contributed by atoms with Crippen LogP contribution in [0.1, 0.15) is 44.0 Å². The molecule has 0 unspecified atom stereocenters. The fourth-order valence-electron chi connectivity index (χ4n) is 2.26. The van der Waals surface area contributed by atoms with Crippen LogP contribution in [0.5, 0.6) is 0 Å². The molecule has 4 nitrogen and oxygen atoms in total. The molecule has 0 atom stereocenters. The normalized spacial score (nSPS) is 15.7. The van der Waals surface area contributed by atoms with Crippen LogP contribution in [0.2, 0.25) is 0 Å². The summed E-state index contributed by atoms with van der Waals surface area (Å²) in [6, 6.07) is 0. The summed E-state index contributed by atoms with van der Waals surface area (Å²) >= 11 is 0. The van der Waals surface area contributed by atoms with Crippen molar-refractivity contribution in [3.63, 3.8) is 0 Å². The Labute approximate surface area is 103 Å². The molecule has 4 heteroatoms. The number of aromatic nitrogens is 2. The van der Waals surface area contributed by atoms with Gasteiger partial charge in [-0.1, -0.05) is 13.8 Å². The molecule has 17 heavy (non-hydrogen) atoms. The van der Waals surface area contributed by atoms with E-state index in [1.165, 1.54) is 18.4 Å². The van der Waals surface area contributed by atoms with Gasteiger partial charge in [-0.25, -0.2) is 9.97 Å². The molecule has 1 aromatic rings. The Bertz CT molecular complexity index is 395. The maximum atomic E-state index is 4.74. The fourth-order valence-corrected chi connectivity index (χ4v) is 2.26.